The van der Waals surface area contributed by atoms with E-state index in [4.69, 9.17) is 11.6 Å². The molecule has 1 unspecified atom stereocenters. The molecule has 1 rings (SSSR count). The van der Waals surface area contributed by atoms with Gasteiger partial charge in [-0.3, -0.25) is 4.79 Å². The molecule has 1 aromatic heterocycles. The number of aromatic nitrogens is 2. The van der Waals surface area contributed by atoms with Crippen molar-refractivity contribution >= 4 is 17.4 Å². The number of anilines is 1. The lowest BCUT2D eigenvalue weighted by Gasteiger charge is -2.13. The summed E-state index contributed by atoms with van der Waals surface area (Å²) in [7, 11) is 0. The Morgan fingerprint density at radius 2 is 2.22 bits per heavy atom. The molecule has 0 spiro atoms. The van der Waals surface area contributed by atoms with Gasteiger partial charge in [-0.1, -0.05) is 20.8 Å². The van der Waals surface area contributed by atoms with Gasteiger partial charge in [-0.2, -0.15) is 0 Å². The smallest absolute Gasteiger partial charge is 0.293 e. The van der Waals surface area contributed by atoms with Gasteiger partial charge in [-0.25, -0.2) is 4.98 Å². The minimum atomic E-state index is -0.0761. The van der Waals surface area contributed by atoms with E-state index in [9.17, 15) is 4.79 Å². The number of nitrogens with one attached hydrogen (secondary N) is 1. The van der Waals surface area contributed by atoms with Crippen LogP contribution in [0.4, 0.5) is 5.82 Å². The Morgan fingerprint density at radius 1 is 1.50 bits per heavy atom. The summed E-state index contributed by atoms with van der Waals surface area (Å²) in [6.07, 6.45) is 5.20. The summed E-state index contributed by atoms with van der Waals surface area (Å²) >= 11 is 6.18. The van der Waals surface area contributed by atoms with Crippen molar-refractivity contribution in [2.45, 2.75) is 45.5 Å². The Bertz CT molecular complexity index is 417. The highest BCUT2D eigenvalue weighted by atomic mass is 35.5. The summed E-state index contributed by atoms with van der Waals surface area (Å²) in [6, 6.07) is 0. The summed E-state index contributed by atoms with van der Waals surface area (Å²) in [6.45, 7) is 7.58. The maximum atomic E-state index is 12.0. The van der Waals surface area contributed by atoms with E-state index in [1.807, 2.05) is 6.92 Å². The lowest BCUT2D eigenvalue weighted by Crippen LogP contribution is -2.27. The molecule has 18 heavy (non-hydrogen) atoms. The maximum absolute atomic E-state index is 12.0. The van der Waals surface area contributed by atoms with Gasteiger partial charge in [0.15, 0.2) is 5.82 Å². The van der Waals surface area contributed by atoms with Crippen molar-refractivity contribution in [3.63, 3.8) is 0 Å². The van der Waals surface area contributed by atoms with E-state index >= 15 is 0 Å². The Labute approximate surface area is 113 Å². The molecule has 0 aliphatic rings. The van der Waals surface area contributed by atoms with E-state index in [0.717, 1.165) is 12.8 Å². The first-order valence-corrected chi connectivity index (χ1v) is 6.91. The third-order valence-electron chi connectivity index (χ3n) is 2.60. The molecule has 1 N–H and O–H groups in total. The molecule has 0 bridgehead atoms. The lowest BCUT2D eigenvalue weighted by atomic mass is 10.1. The van der Waals surface area contributed by atoms with Crippen molar-refractivity contribution in [2.24, 2.45) is 5.92 Å². The number of halogens is 1. The highest BCUT2D eigenvalue weighted by molar-refractivity contribution is 6.20. The van der Waals surface area contributed by atoms with Gasteiger partial charge in [0.2, 0.25) is 0 Å². The van der Waals surface area contributed by atoms with Crippen LogP contribution in [0.2, 0.25) is 0 Å². The van der Waals surface area contributed by atoms with Gasteiger partial charge in [0, 0.05) is 25.5 Å². The molecular formula is C13H22ClN3O. The lowest BCUT2D eigenvalue weighted by molar-refractivity contribution is 0.571. The number of alkyl halides is 1. The van der Waals surface area contributed by atoms with E-state index in [0.29, 0.717) is 24.8 Å². The zero-order valence-corrected chi connectivity index (χ0v) is 12.1. The van der Waals surface area contributed by atoms with E-state index in [-0.39, 0.29) is 10.9 Å². The standard InChI is InChI=1S/C13H22ClN3O/c1-4-6-17-7-5-15-12(13(17)18)16-9-11(14)8-10(2)3/h5,7,10-11H,4,6,8-9H2,1-3H3,(H,15,16). The number of nitrogens with zero attached hydrogens (tertiary/aromatic N) is 2. The third-order valence-corrected chi connectivity index (χ3v) is 2.93. The summed E-state index contributed by atoms with van der Waals surface area (Å²) in [4.78, 5) is 16.1. The van der Waals surface area contributed by atoms with Crippen LogP contribution in [0.1, 0.15) is 33.6 Å². The third kappa shape index (κ3) is 4.69. The van der Waals surface area contributed by atoms with Crippen LogP contribution in [0.5, 0.6) is 0 Å². The average Bonchev–Trinajstić information content (AvgIpc) is 2.29. The van der Waals surface area contributed by atoms with Gasteiger partial charge in [-0.15, -0.1) is 11.6 Å². The van der Waals surface area contributed by atoms with Crippen LogP contribution in [0, 0.1) is 5.92 Å². The zero-order valence-electron chi connectivity index (χ0n) is 11.3. The highest BCUT2D eigenvalue weighted by Gasteiger charge is 2.09. The first kappa shape index (κ1) is 15.0. The van der Waals surface area contributed by atoms with Gasteiger partial charge in [0.25, 0.3) is 5.56 Å². The molecule has 0 saturated carbocycles. The molecule has 0 aromatic carbocycles. The minimum Gasteiger partial charge on any atom is -0.364 e. The predicted molar refractivity (Wildman–Crippen MR) is 76.4 cm³/mol. The first-order chi connectivity index (χ1) is 8.54. The zero-order chi connectivity index (χ0) is 13.5. The molecule has 5 heteroatoms. The highest BCUT2D eigenvalue weighted by Crippen LogP contribution is 2.10. The van der Waals surface area contributed by atoms with E-state index in [1.54, 1.807) is 17.0 Å². The fourth-order valence-corrected chi connectivity index (χ4v) is 2.22. The Hall–Kier alpha value is -1.03. The molecule has 0 aliphatic carbocycles. The van der Waals surface area contributed by atoms with Crippen molar-refractivity contribution in [1.29, 1.82) is 0 Å². The largest absolute Gasteiger partial charge is 0.364 e. The topological polar surface area (TPSA) is 46.9 Å². The van der Waals surface area contributed by atoms with Gasteiger partial charge in [-0.05, 0) is 18.8 Å². The van der Waals surface area contributed by atoms with E-state index in [2.05, 4.69) is 24.1 Å². The summed E-state index contributed by atoms with van der Waals surface area (Å²) < 4.78 is 1.67. The Kier molecular flexibility index (Phi) is 6.19. The summed E-state index contributed by atoms with van der Waals surface area (Å²) in [5.74, 6) is 0.940. The molecule has 1 aromatic rings. The molecule has 0 saturated heterocycles. The number of aryl methyl sites for hydroxylation is 1. The molecule has 0 fully saturated rings. The van der Waals surface area contributed by atoms with Crippen LogP contribution in [0.3, 0.4) is 0 Å². The molecule has 1 heterocycles. The van der Waals surface area contributed by atoms with Crippen molar-refractivity contribution < 1.29 is 0 Å². The van der Waals surface area contributed by atoms with Gasteiger partial charge in [0.05, 0.1) is 5.38 Å². The fourth-order valence-electron chi connectivity index (χ4n) is 1.79. The molecule has 0 radical (unpaired) electrons. The Morgan fingerprint density at radius 3 is 2.83 bits per heavy atom. The van der Waals surface area contributed by atoms with E-state index in [1.165, 1.54) is 0 Å². The molecule has 102 valence electrons. The monoisotopic (exact) mass is 271 g/mol. The second-order valence-electron chi connectivity index (χ2n) is 4.88. The van der Waals surface area contributed by atoms with Crippen LogP contribution in [0.25, 0.3) is 0 Å². The predicted octanol–water partition coefficient (Wildman–Crippen LogP) is 2.72. The maximum Gasteiger partial charge on any atom is 0.293 e. The summed E-state index contributed by atoms with van der Waals surface area (Å²) in [5, 5.41) is 3.06. The molecule has 0 amide bonds. The number of hydrogen-bond donors (Lipinski definition) is 1. The second-order valence-corrected chi connectivity index (χ2v) is 5.50. The summed E-state index contributed by atoms with van der Waals surface area (Å²) in [5.41, 5.74) is -0.0761. The van der Waals surface area contributed by atoms with Gasteiger partial charge < -0.3 is 9.88 Å². The van der Waals surface area contributed by atoms with Gasteiger partial charge in [0.1, 0.15) is 0 Å². The number of hydrogen-bond acceptors (Lipinski definition) is 3. The Balaban J connectivity index is 2.62. The normalized spacial score (nSPS) is 12.7. The van der Waals surface area contributed by atoms with Crippen LogP contribution >= 0.6 is 11.6 Å². The van der Waals surface area contributed by atoms with E-state index < -0.39 is 0 Å². The number of rotatable bonds is 7. The molecule has 1 atom stereocenters. The quantitative estimate of drug-likeness (QED) is 0.776. The SMILES string of the molecule is CCCn1ccnc(NCC(Cl)CC(C)C)c1=O. The van der Waals surface area contributed by atoms with Crippen LogP contribution in [-0.2, 0) is 6.54 Å². The minimum absolute atomic E-state index is 0.0195. The van der Waals surface area contributed by atoms with Crippen LogP contribution in [-0.4, -0.2) is 21.5 Å². The molecular weight excluding hydrogens is 250 g/mol. The average molecular weight is 272 g/mol. The van der Waals surface area contributed by atoms with Crippen molar-refractivity contribution in [3.05, 3.63) is 22.7 Å². The van der Waals surface area contributed by atoms with Crippen molar-refractivity contribution in [1.82, 2.24) is 9.55 Å². The van der Waals surface area contributed by atoms with Crippen LogP contribution in [0.15, 0.2) is 17.2 Å². The fraction of sp³-hybridized carbons (Fsp3) is 0.692. The van der Waals surface area contributed by atoms with Gasteiger partial charge >= 0.3 is 0 Å². The van der Waals surface area contributed by atoms with Crippen LogP contribution < -0.4 is 10.9 Å². The molecule has 0 aliphatic heterocycles. The first-order valence-electron chi connectivity index (χ1n) is 6.48. The van der Waals surface area contributed by atoms with Crippen molar-refractivity contribution in [2.75, 3.05) is 11.9 Å². The second kappa shape index (κ2) is 7.41. The molecule has 4 nitrogen and oxygen atoms in total. The van der Waals surface area contributed by atoms with Crippen molar-refractivity contribution in [3.8, 4) is 0 Å².